The van der Waals surface area contributed by atoms with Crippen LogP contribution >= 0.6 is 0 Å². The fourth-order valence-corrected chi connectivity index (χ4v) is 2.71. The van der Waals surface area contributed by atoms with E-state index in [0.717, 1.165) is 25.2 Å². The lowest BCUT2D eigenvalue weighted by Gasteiger charge is -2.08. The number of carbonyl (C=O) groups excluding carboxylic acids is 2. The summed E-state index contributed by atoms with van der Waals surface area (Å²) in [6, 6.07) is 9.11. The Bertz CT molecular complexity index is 1060. The number of carbonyl (C=O) groups is 2. The van der Waals surface area contributed by atoms with Gasteiger partial charge < -0.3 is 14.6 Å². The van der Waals surface area contributed by atoms with E-state index in [1.165, 1.54) is 5.56 Å². The summed E-state index contributed by atoms with van der Waals surface area (Å²) in [4.78, 5) is 27.9. The van der Waals surface area contributed by atoms with E-state index in [1.807, 2.05) is 24.3 Å². The number of esters is 1. The molecule has 2 aromatic carbocycles. The Hall–Kier alpha value is -3.62. The van der Waals surface area contributed by atoms with Gasteiger partial charge in [-0.3, -0.25) is 4.79 Å². The van der Waals surface area contributed by atoms with Gasteiger partial charge in [-0.15, -0.1) is 0 Å². The highest BCUT2D eigenvalue weighted by Crippen LogP contribution is 2.21. The molecule has 1 heterocycles. The molecule has 0 aliphatic rings. The van der Waals surface area contributed by atoms with Gasteiger partial charge in [-0.1, -0.05) is 36.3 Å². The van der Waals surface area contributed by atoms with Gasteiger partial charge in [0, 0.05) is 24.5 Å². The van der Waals surface area contributed by atoms with Crippen LogP contribution in [0.1, 0.15) is 35.2 Å². The van der Waals surface area contributed by atoms with Crippen molar-refractivity contribution in [3.8, 4) is 11.4 Å². The summed E-state index contributed by atoms with van der Waals surface area (Å²) >= 11 is 0. The van der Waals surface area contributed by atoms with E-state index >= 15 is 0 Å². The van der Waals surface area contributed by atoms with E-state index in [-0.39, 0.29) is 24.4 Å². The van der Waals surface area contributed by atoms with Gasteiger partial charge in [-0.05, 0) is 18.1 Å². The molecule has 0 unspecified atom stereocenters. The lowest BCUT2D eigenvalue weighted by atomic mass is 10.1. The first-order valence-corrected chi connectivity index (χ1v) is 9.20. The van der Waals surface area contributed by atoms with Crippen LogP contribution in [0.25, 0.3) is 11.4 Å². The molecule has 0 saturated carbocycles. The van der Waals surface area contributed by atoms with Crippen LogP contribution in [0.5, 0.6) is 0 Å². The standard InChI is InChI=1S/C21H19F2N3O4/c1-3-12-4-6-13(7-5-12)20-25-19(30-26-20)9-8-18(27)24-17-10-14(21(28)29-2)15(22)11-16(17)23/h4-7,10-11H,3,8-9H2,1-2H3,(H,24,27). The fourth-order valence-electron chi connectivity index (χ4n) is 2.71. The summed E-state index contributed by atoms with van der Waals surface area (Å²) in [6.07, 6.45) is 0.960. The molecule has 1 N–H and O–H groups in total. The van der Waals surface area contributed by atoms with Gasteiger partial charge in [-0.25, -0.2) is 13.6 Å². The molecule has 1 amide bonds. The molecule has 30 heavy (non-hydrogen) atoms. The highest BCUT2D eigenvalue weighted by molar-refractivity contribution is 5.94. The van der Waals surface area contributed by atoms with Crippen molar-refractivity contribution in [1.29, 1.82) is 0 Å². The summed E-state index contributed by atoms with van der Waals surface area (Å²) in [7, 11) is 1.07. The van der Waals surface area contributed by atoms with Crippen molar-refractivity contribution in [1.82, 2.24) is 10.1 Å². The van der Waals surface area contributed by atoms with E-state index in [0.29, 0.717) is 11.9 Å². The second-order valence-electron chi connectivity index (χ2n) is 6.41. The molecule has 0 radical (unpaired) electrons. The first-order valence-electron chi connectivity index (χ1n) is 9.20. The van der Waals surface area contributed by atoms with Crippen molar-refractivity contribution in [2.45, 2.75) is 26.2 Å². The summed E-state index contributed by atoms with van der Waals surface area (Å²) in [5.74, 6) is -2.99. The maximum atomic E-state index is 13.9. The number of aromatic nitrogens is 2. The van der Waals surface area contributed by atoms with Gasteiger partial charge >= 0.3 is 5.97 Å². The number of amides is 1. The third kappa shape index (κ3) is 4.86. The van der Waals surface area contributed by atoms with Crippen LogP contribution in [0.3, 0.4) is 0 Å². The molecule has 0 fully saturated rings. The van der Waals surface area contributed by atoms with E-state index in [9.17, 15) is 18.4 Å². The van der Waals surface area contributed by atoms with Crippen LogP contribution in [0, 0.1) is 11.6 Å². The van der Waals surface area contributed by atoms with Crippen LogP contribution in [0.15, 0.2) is 40.9 Å². The Morgan fingerprint density at radius 1 is 1.13 bits per heavy atom. The molecule has 0 saturated heterocycles. The molecule has 0 aliphatic heterocycles. The van der Waals surface area contributed by atoms with Gasteiger partial charge in [0.2, 0.25) is 17.6 Å². The van der Waals surface area contributed by atoms with Crippen molar-refractivity contribution < 1.29 is 27.6 Å². The predicted molar refractivity (Wildman–Crippen MR) is 104 cm³/mol. The monoisotopic (exact) mass is 415 g/mol. The van der Waals surface area contributed by atoms with Crippen LogP contribution in [-0.4, -0.2) is 29.1 Å². The van der Waals surface area contributed by atoms with Crippen molar-refractivity contribution in [2.75, 3.05) is 12.4 Å². The fraction of sp³-hybridized carbons (Fsp3) is 0.238. The lowest BCUT2D eigenvalue weighted by molar-refractivity contribution is -0.116. The molecule has 156 valence electrons. The number of benzene rings is 2. The number of anilines is 1. The number of nitrogens with one attached hydrogen (secondary N) is 1. The number of hydrogen-bond donors (Lipinski definition) is 1. The topological polar surface area (TPSA) is 94.3 Å². The second-order valence-corrected chi connectivity index (χ2v) is 6.41. The van der Waals surface area contributed by atoms with Crippen LogP contribution in [0.4, 0.5) is 14.5 Å². The maximum absolute atomic E-state index is 13.9. The maximum Gasteiger partial charge on any atom is 0.340 e. The van der Waals surface area contributed by atoms with Crippen LogP contribution in [0.2, 0.25) is 0 Å². The van der Waals surface area contributed by atoms with Gasteiger partial charge in [0.15, 0.2) is 0 Å². The van der Waals surface area contributed by atoms with Gasteiger partial charge in [0.05, 0.1) is 18.4 Å². The van der Waals surface area contributed by atoms with Gasteiger partial charge in [0.1, 0.15) is 11.6 Å². The number of aryl methyl sites for hydroxylation is 2. The smallest absolute Gasteiger partial charge is 0.340 e. The Morgan fingerprint density at radius 3 is 2.53 bits per heavy atom. The molecule has 1 aromatic heterocycles. The number of hydrogen-bond acceptors (Lipinski definition) is 6. The zero-order valence-corrected chi connectivity index (χ0v) is 16.4. The first-order chi connectivity index (χ1) is 14.4. The molecule has 0 bridgehead atoms. The van der Waals surface area contributed by atoms with E-state index in [2.05, 4.69) is 27.1 Å². The number of halogens is 2. The third-order valence-corrected chi connectivity index (χ3v) is 4.39. The van der Waals surface area contributed by atoms with Crippen molar-refractivity contribution in [3.63, 3.8) is 0 Å². The zero-order valence-electron chi connectivity index (χ0n) is 16.4. The van der Waals surface area contributed by atoms with E-state index in [1.54, 1.807) is 0 Å². The number of methoxy groups -OCH3 is 1. The second kappa shape index (κ2) is 9.25. The first kappa shape index (κ1) is 21.1. The molecule has 9 heteroatoms. The van der Waals surface area contributed by atoms with Crippen LogP contribution < -0.4 is 5.32 Å². The van der Waals surface area contributed by atoms with Gasteiger partial charge in [-0.2, -0.15) is 4.98 Å². The molecule has 0 atom stereocenters. The Balaban J connectivity index is 1.62. The zero-order chi connectivity index (χ0) is 21.7. The molecular formula is C21H19F2N3O4. The minimum atomic E-state index is -1.08. The number of ether oxygens (including phenoxy) is 1. The molecule has 3 rings (SSSR count). The van der Waals surface area contributed by atoms with Gasteiger partial charge in [0.25, 0.3) is 0 Å². The summed E-state index contributed by atoms with van der Waals surface area (Å²) in [5.41, 5.74) is 1.16. The predicted octanol–water partition coefficient (Wildman–Crippen LogP) is 3.94. The Morgan fingerprint density at radius 2 is 1.87 bits per heavy atom. The number of nitrogens with zero attached hydrogens (tertiary/aromatic N) is 2. The average molecular weight is 415 g/mol. The summed E-state index contributed by atoms with van der Waals surface area (Å²) in [5, 5.41) is 6.20. The van der Waals surface area contributed by atoms with Crippen molar-refractivity contribution in [3.05, 3.63) is 65.1 Å². The normalized spacial score (nSPS) is 10.7. The Labute approximate surface area is 171 Å². The molecule has 3 aromatic rings. The Kier molecular flexibility index (Phi) is 6.51. The molecule has 7 nitrogen and oxygen atoms in total. The van der Waals surface area contributed by atoms with E-state index in [4.69, 9.17) is 4.52 Å². The minimum absolute atomic E-state index is 0.0826. The van der Waals surface area contributed by atoms with Crippen molar-refractivity contribution >= 4 is 17.6 Å². The lowest BCUT2D eigenvalue weighted by Crippen LogP contribution is -2.15. The minimum Gasteiger partial charge on any atom is -0.465 e. The third-order valence-electron chi connectivity index (χ3n) is 4.39. The highest BCUT2D eigenvalue weighted by Gasteiger charge is 2.18. The van der Waals surface area contributed by atoms with Crippen LogP contribution in [-0.2, 0) is 22.4 Å². The van der Waals surface area contributed by atoms with Crippen molar-refractivity contribution in [2.24, 2.45) is 0 Å². The highest BCUT2D eigenvalue weighted by atomic mass is 19.1. The largest absolute Gasteiger partial charge is 0.465 e. The molecule has 0 spiro atoms. The quantitative estimate of drug-likeness (QED) is 0.588. The summed E-state index contributed by atoms with van der Waals surface area (Å²) < 4.78 is 37.2. The van der Waals surface area contributed by atoms with E-state index < -0.39 is 29.1 Å². The molecular weight excluding hydrogens is 396 g/mol. The number of rotatable bonds is 7. The average Bonchev–Trinajstić information content (AvgIpc) is 3.23. The molecule has 0 aliphatic carbocycles. The summed E-state index contributed by atoms with van der Waals surface area (Å²) in [6.45, 7) is 2.06. The SMILES string of the molecule is CCc1ccc(-c2noc(CCC(=O)Nc3cc(C(=O)OC)c(F)cc3F)n2)cc1.